The molecular formula is C17H25NO2. The highest BCUT2D eigenvalue weighted by molar-refractivity contribution is 5.40. The van der Waals surface area contributed by atoms with Crippen LogP contribution in [0.5, 0.6) is 11.5 Å². The molecule has 1 aromatic carbocycles. The molecule has 110 valence electrons. The topological polar surface area (TPSA) is 44.5 Å². The van der Waals surface area contributed by atoms with Crippen LogP contribution in [-0.2, 0) is 0 Å². The summed E-state index contributed by atoms with van der Waals surface area (Å²) in [6.07, 6.45) is 3.69. The predicted molar refractivity (Wildman–Crippen MR) is 80.0 cm³/mol. The van der Waals surface area contributed by atoms with E-state index >= 15 is 0 Å². The van der Waals surface area contributed by atoms with Gasteiger partial charge in [0.2, 0.25) is 0 Å². The minimum Gasteiger partial charge on any atom is -0.486 e. The molecular weight excluding hydrogens is 250 g/mol. The number of para-hydroxylation sites is 2. The summed E-state index contributed by atoms with van der Waals surface area (Å²) in [5.41, 5.74) is 6.48. The molecule has 20 heavy (non-hydrogen) atoms. The van der Waals surface area contributed by atoms with Crippen LogP contribution in [0.25, 0.3) is 0 Å². The molecule has 0 amide bonds. The second-order valence-electron chi connectivity index (χ2n) is 6.52. The van der Waals surface area contributed by atoms with Gasteiger partial charge in [0.15, 0.2) is 11.5 Å². The summed E-state index contributed by atoms with van der Waals surface area (Å²) in [6, 6.07) is 7.91. The zero-order chi connectivity index (χ0) is 14.1. The highest BCUT2D eigenvalue weighted by atomic mass is 16.6. The van der Waals surface area contributed by atoms with Gasteiger partial charge in [-0.1, -0.05) is 32.4 Å². The Morgan fingerprint density at radius 2 is 1.85 bits per heavy atom. The fraction of sp³-hybridized carbons (Fsp3) is 0.647. The molecule has 5 atom stereocenters. The summed E-state index contributed by atoms with van der Waals surface area (Å²) in [5, 5.41) is 0. The van der Waals surface area contributed by atoms with Crippen molar-refractivity contribution in [3.8, 4) is 11.5 Å². The van der Waals surface area contributed by atoms with Gasteiger partial charge in [-0.2, -0.15) is 0 Å². The fourth-order valence-corrected chi connectivity index (χ4v) is 3.47. The van der Waals surface area contributed by atoms with Crippen LogP contribution >= 0.6 is 0 Å². The monoisotopic (exact) mass is 275 g/mol. The molecule has 1 fully saturated rings. The maximum Gasteiger partial charge on any atom is 0.161 e. The van der Waals surface area contributed by atoms with Crippen LogP contribution in [-0.4, -0.2) is 18.8 Å². The SMILES string of the molecule is CC1CCC(C(N)C2COc3ccccc3O2)CC1C. The summed E-state index contributed by atoms with van der Waals surface area (Å²) in [5.74, 6) is 3.80. The summed E-state index contributed by atoms with van der Waals surface area (Å²) >= 11 is 0. The van der Waals surface area contributed by atoms with E-state index in [1.54, 1.807) is 0 Å². The van der Waals surface area contributed by atoms with Crippen molar-refractivity contribution in [1.82, 2.24) is 0 Å². The van der Waals surface area contributed by atoms with Crippen LogP contribution < -0.4 is 15.2 Å². The average molecular weight is 275 g/mol. The highest BCUT2D eigenvalue weighted by Gasteiger charge is 2.35. The van der Waals surface area contributed by atoms with E-state index in [9.17, 15) is 0 Å². The van der Waals surface area contributed by atoms with Crippen molar-refractivity contribution >= 4 is 0 Å². The maximum atomic E-state index is 6.48. The molecule has 1 heterocycles. The van der Waals surface area contributed by atoms with Crippen LogP contribution in [0.1, 0.15) is 33.1 Å². The van der Waals surface area contributed by atoms with E-state index in [-0.39, 0.29) is 12.1 Å². The van der Waals surface area contributed by atoms with E-state index in [4.69, 9.17) is 15.2 Å². The molecule has 0 radical (unpaired) electrons. The Hall–Kier alpha value is -1.22. The summed E-state index contributed by atoms with van der Waals surface area (Å²) in [4.78, 5) is 0. The van der Waals surface area contributed by atoms with Crippen molar-refractivity contribution < 1.29 is 9.47 Å². The van der Waals surface area contributed by atoms with E-state index < -0.39 is 0 Å². The minimum atomic E-state index is -0.0180. The molecule has 3 nitrogen and oxygen atoms in total. The Balaban J connectivity index is 1.65. The van der Waals surface area contributed by atoms with Gasteiger partial charge in [-0.05, 0) is 42.7 Å². The van der Waals surface area contributed by atoms with E-state index in [1.807, 2.05) is 24.3 Å². The van der Waals surface area contributed by atoms with Gasteiger partial charge in [0, 0.05) is 6.04 Å². The Morgan fingerprint density at radius 3 is 2.60 bits per heavy atom. The normalized spacial score (nSPS) is 34.5. The van der Waals surface area contributed by atoms with Gasteiger partial charge in [-0.25, -0.2) is 0 Å². The third-order valence-electron chi connectivity index (χ3n) is 5.14. The van der Waals surface area contributed by atoms with Crippen LogP contribution in [0.3, 0.4) is 0 Å². The van der Waals surface area contributed by atoms with Crippen LogP contribution in [0.4, 0.5) is 0 Å². The molecule has 1 aromatic rings. The molecule has 1 saturated carbocycles. The molecule has 1 aliphatic carbocycles. The Kier molecular flexibility index (Phi) is 3.88. The van der Waals surface area contributed by atoms with Gasteiger partial charge in [-0.15, -0.1) is 0 Å². The molecule has 0 saturated heterocycles. The Morgan fingerprint density at radius 1 is 1.10 bits per heavy atom. The van der Waals surface area contributed by atoms with E-state index in [0.29, 0.717) is 12.5 Å². The van der Waals surface area contributed by atoms with E-state index in [2.05, 4.69) is 13.8 Å². The second-order valence-corrected chi connectivity index (χ2v) is 6.52. The van der Waals surface area contributed by atoms with Crippen molar-refractivity contribution in [1.29, 1.82) is 0 Å². The largest absolute Gasteiger partial charge is 0.486 e. The second kappa shape index (κ2) is 5.65. The lowest BCUT2D eigenvalue weighted by Gasteiger charge is -2.39. The molecule has 3 rings (SSSR count). The molecule has 2 N–H and O–H groups in total. The molecule has 0 bridgehead atoms. The maximum absolute atomic E-state index is 6.48. The van der Waals surface area contributed by atoms with Gasteiger partial charge in [0.25, 0.3) is 0 Å². The van der Waals surface area contributed by atoms with Crippen LogP contribution in [0, 0.1) is 17.8 Å². The van der Waals surface area contributed by atoms with Gasteiger partial charge in [-0.3, -0.25) is 0 Å². The van der Waals surface area contributed by atoms with E-state index in [0.717, 1.165) is 23.3 Å². The standard InChI is InChI=1S/C17H25NO2/c1-11-7-8-13(9-12(11)2)17(18)16-10-19-14-5-3-4-6-15(14)20-16/h3-6,11-13,16-17H,7-10,18H2,1-2H3. The predicted octanol–water partition coefficient (Wildman–Crippen LogP) is 3.23. The highest BCUT2D eigenvalue weighted by Crippen LogP contribution is 2.37. The Bertz CT molecular complexity index is 462. The lowest BCUT2D eigenvalue weighted by Crippen LogP contribution is -2.50. The van der Waals surface area contributed by atoms with Crippen molar-refractivity contribution in [3.05, 3.63) is 24.3 Å². The first-order valence-electron chi connectivity index (χ1n) is 7.79. The number of nitrogens with two attached hydrogens (primary N) is 1. The van der Waals surface area contributed by atoms with Crippen LogP contribution in [0.2, 0.25) is 0 Å². The fourth-order valence-electron chi connectivity index (χ4n) is 3.47. The van der Waals surface area contributed by atoms with Gasteiger partial charge < -0.3 is 15.2 Å². The number of benzene rings is 1. The number of hydrogen-bond donors (Lipinski definition) is 1. The first kappa shape index (κ1) is 13.7. The average Bonchev–Trinajstić information content (AvgIpc) is 2.49. The van der Waals surface area contributed by atoms with Crippen molar-refractivity contribution in [3.63, 3.8) is 0 Å². The quantitative estimate of drug-likeness (QED) is 0.901. The van der Waals surface area contributed by atoms with E-state index in [1.165, 1.54) is 19.3 Å². The molecule has 2 aliphatic rings. The summed E-state index contributed by atoms with van der Waals surface area (Å²) in [6.45, 7) is 5.26. The van der Waals surface area contributed by atoms with Crippen LogP contribution in [0.15, 0.2) is 24.3 Å². The summed E-state index contributed by atoms with van der Waals surface area (Å²) in [7, 11) is 0. The number of fused-ring (bicyclic) bond motifs is 1. The first-order chi connectivity index (χ1) is 9.65. The van der Waals surface area contributed by atoms with Crippen molar-refractivity contribution in [2.45, 2.75) is 45.3 Å². The molecule has 5 unspecified atom stereocenters. The lowest BCUT2D eigenvalue weighted by molar-refractivity contribution is 0.0406. The van der Waals surface area contributed by atoms with Gasteiger partial charge >= 0.3 is 0 Å². The number of hydrogen-bond acceptors (Lipinski definition) is 3. The van der Waals surface area contributed by atoms with Gasteiger partial charge in [0.05, 0.1) is 0 Å². The Labute approximate surface area is 121 Å². The zero-order valence-corrected chi connectivity index (χ0v) is 12.4. The van der Waals surface area contributed by atoms with Gasteiger partial charge in [0.1, 0.15) is 12.7 Å². The third kappa shape index (κ3) is 2.64. The lowest BCUT2D eigenvalue weighted by atomic mass is 9.72. The molecule has 3 heteroatoms. The first-order valence-corrected chi connectivity index (χ1v) is 7.79. The number of ether oxygens (including phenoxy) is 2. The third-order valence-corrected chi connectivity index (χ3v) is 5.14. The van der Waals surface area contributed by atoms with Crippen molar-refractivity contribution in [2.24, 2.45) is 23.5 Å². The summed E-state index contributed by atoms with van der Waals surface area (Å²) < 4.78 is 11.8. The molecule has 1 aliphatic heterocycles. The smallest absolute Gasteiger partial charge is 0.161 e. The zero-order valence-electron chi connectivity index (χ0n) is 12.4. The molecule has 0 aromatic heterocycles. The minimum absolute atomic E-state index is 0.0180. The van der Waals surface area contributed by atoms with Crippen molar-refractivity contribution in [2.75, 3.05) is 6.61 Å². The number of rotatable bonds is 2. The molecule has 0 spiro atoms.